The third kappa shape index (κ3) is 4.83. The molecule has 1 saturated heterocycles. The summed E-state index contributed by atoms with van der Waals surface area (Å²) in [6, 6.07) is 7.29. The van der Waals surface area contributed by atoms with E-state index in [4.69, 9.17) is 26.8 Å². The fourth-order valence-electron chi connectivity index (χ4n) is 3.85. The van der Waals surface area contributed by atoms with E-state index in [0.717, 1.165) is 11.6 Å². The standard InChI is InChI=1S/C22H24ClN5O5/c1-2-16(29)32-9-3-4-14-18(30)19(31)22(33-14)28-15(10-12-5-7-13(23)8-6-12)27-17-20(24)25-11-26-21(17)28/h2,5-8,11,14,18-19,22,30-31H,1,3-4,9-10H2,(H2,24,25,26)/t14-,18-,19-,22-/m1/s1. The Morgan fingerprint density at radius 1 is 1.27 bits per heavy atom. The first kappa shape index (κ1) is 23.1. The van der Waals surface area contributed by atoms with E-state index in [-0.39, 0.29) is 12.4 Å². The van der Waals surface area contributed by atoms with Gasteiger partial charge in [0.05, 0.1) is 12.7 Å². The number of hydrogen-bond donors (Lipinski definition) is 3. The van der Waals surface area contributed by atoms with Crippen molar-refractivity contribution < 1.29 is 24.5 Å². The second kappa shape index (κ2) is 9.84. The summed E-state index contributed by atoms with van der Waals surface area (Å²) in [5.41, 5.74) is 7.71. The smallest absolute Gasteiger partial charge is 0.330 e. The number of aliphatic hydroxyl groups excluding tert-OH is 2. The van der Waals surface area contributed by atoms with Crippen molar-refractivity contribution >= 4 is 34.6 Å². The molecule has 0 radical (unpaired) electrons. The van der Waals surface area contributed by atoms with Crippen LogP contribution in [-0.4, -0.2) is 60.6 Å². The summed E-state index contributed by atoms with van der Waals surface area (Å²) in [5.74, 6) is 0.218. The van der Waals surface area contributed by atoms with E-state index in [9.17, 15) is 15.0 Å². The molecule has 3 aromatic rings. The predicted molar refractivity (Wildman–Crippen MR) is 120 cm³/mol. The highest BCUT2D eigenvalue weighted by Crippen LogP contribution is 2.35. The molecule has 174 valence electrons. The summed E-state index contributed by atoms with van der Waals surface area (Å²) in [7, 11) is 0. The monoisotopic (exact) mass is 473 g/mol. The molecule has 0 bridgehead atoms. The first-order valence-corrected chi connectivity index (χ1v) is 10.8. The lowest BCUT2D eigenvalue weighted by molar-refractivity contribution is -0.138. The SMILES string of the molecule is C=CC(=O)OCCC[C@H]1O[C@@H](n2c(Cc3ccc(Cl)cc3)nc3c(N)ncnc32)[C@H](O)[C@@H]1O. The number of nitrogens with two attached hydrogens (primary N) is 1. The molecule has 0 spiro atoms. The predicted octanol–water partition coefficient (Wildman–Crippen LogP) is 1.78. The molecule has 1 aliphatic rings. The topological polar surface area (TPSA) is 146 Å². The Hall–Kier alpha value is -3.05. The number of carbonyl (C=O) groups excluding carboxylic acids is 1. The third-order valence-corrected chi connectivity index (χ3v) is 5.74. The molecule has 3 heterocycles. The minimum absolute atomic E-state index is 0.151. The van der Waals surface area contributed by atoms with Gasteiger partial charge in [-0.2, -0.15) is 0 Å². The molecule has 2 aromatic heterocycles. The lowest BCUT2D eigenvalue weighted by Crippen LogP contribution is -2.32. The minimum Gasteiger partial charge on any atom is -0.463 e. The molecule has 0 unspecified atom stereocenters. The van der Waals surface area contributed by atoms with E-state index in [0.29, 0.717) is 41.3 Å². The number of fused-ring (bicyclic) bond motifs is 1. The van der Waals surface area contributed by atoms with Gasteiger partial charge in [0.15, 0.2) is 23.2 Å². The Labute approximate surface area is 194 Å². The highest BCUT2D eigenvalue weighted by Gasteiger charge is 2.44. The van der Waals surface area contributed by atoms with Crippen LogP contribution in [0.5, 0.6) is 0 Å². The number of carbonyl (C=O) groups is 1. The van der Waals surface area contributed by atoms with Crippen molar-refractivity contribution in [1.29, 1.82) is 0 Å². The van der Waals surface area contributed by atoms with E-state index in [2.05, 4.69) is 21.5 Å². The quantitative estimate of drug-likeness (QED) is 0.253. The number of halogens is 1. The third-order valence-electron chi connectivity index (χ3n) is 5.49. The maximum absolute atomic E-state index is 11.2. The van der Waals surface area contributed by atoms with Gasteiger partial charge in [-0.15, -0.1) is 0 Å². The van der Waals surface area contributed by atoms with Crippen molar-refractivity contribution in [3.05, 3.63) is 59.7 Å². The summed E-state index contributed by atoms with van der Waals surface area (Å²) in [6.07, 6.45) is -0.403. The molecule has 4 rings (SSSR count). The summed E-state index contributed by atoms with van der Waals surface area (Å²) in [5, 5.41) is 22.1. The lowest BCUT2D eigenvalue weighted by Gasteiger charge is -2.19. The molecular weight excluding hydrogens is 450 g/mol. The largest absolute Gasteiger partial charge is 0.463 e. The Balaban J connectivity index is 1.60. The van der Waals surface area contributed by atoms with Crippen molar-refractivity contribution in [3.8, 4) is 0 Å². The second-order valence-electron chi connectivity index (χ2n) is 7.69. The van der Waals surface area contributed by atoms with Crippen LogP contribution in [0.4, 0.5) is 5.82 Å². The summed E-state index contributed by atoms with van der Waals surface area (Å²) < 4.78 is 12.7. The van der Waals surface area contributed by atoms with E-state index in [1.54, 1.807) is 16.7 Å². The van der Waals surface area contributed by atoms with Crippen LogP contribution in [-0.2, 0) is 20.7 Å². The van der Waals surface area contributed by atoms with Crippen LogP contribution in [0, 0.1) is 0 Å². The molecule has 4 atom stereocenters. The molecule has 11 heteroatoms. The Bertz CT molecular complexity index is 1150. The van der Waals surface area contributed by atoms with E-state index in [1.165, 1.54) is 6.33 Å². The Morgan fingerprint density at radius 2 is 2.03 bits per heavy atom. The molecule has 1 fully saturated rings. The maximum Gasteiger partial charge on any atom is 0.330 e. The number of ether oxygens (including phenoxy) is 2. The fourth-order valence-corrected chi connectivity index (χ4v) is 3.97. The number of aromatic nitrogens is 4. The van der Waals surface area contributed by atoms with Crippen molar-refractivity contribution in [3.63, 3.8) is 0 Å². The normalized spacial score (nSPS) is 22.5. The van der Waals surface area contributed by atoms with E-state index < -0.39 is 30.5 Å². The lowest BCUT2D eigenvalue weighted by atomic mass is 10.1. The van der Waals surface area contributed by atoms with Crippen LogP contribution in [0.2, 0.25) is 5.02 Å². The van der Waals surface area contributed by atoms with Gasteiger partial charge in [0.2, 0.25) is 0 Å². The van der Waals surface area contributed by atoms with Gasteiger partial charge < -0.3 is 25.4 Å². The number of aliphatic hydroxyl groups is 2. The van der Waals surface area contributed by atoms with Gasteiger partial charge in [-0.05, 0) is 30.5 Å². The Morgan fingerprint density at radius 3 is 2.76 bits per heavy atom. The second-order valence-corrected chi connectivity index (χ2v) is 8.13. The van der Waals surface area contributed by atoms with Gasteiger partial charge in [0.25, 0.3) is 0 Å². The van der Waals surface area contributed by atoms with Gasteiger partial charge >= 0.3 is 5.97 Å². The number of rotatable bonds is 8. The van der Waals surface area contributed by atoms with Gasteiger partial charge in [-0.3, -0.25) is 4.57 Å². The molecule has 0 aliphatic carbocycles. The van der Waals surface area contributed by atoms with Crippen LogP contribution in [0.15, 0.2) is 43.2 Å². The average molecular weight is 474 g/mol. The van der Waals surface area contributed by atoms with Crippen molar-refractivity contribution in [2.75, 3.05) is 12.3 Å². The maximum atomic E-state index is 11.2. The molecule has 4 N–H and O–H groups in total. The van der Waals surface area contributed by atoms with Gasteiger partial charge in [0, 0.05) is 17.5 Å². The zero-order valence-electron chi connectivity index (χ0n) is 17.7. The summed E-state index contributed by atoms with van der Waals surface area (Å²) in [6.45, 7) is 3.49. The summed E-state index contributed by atoms with van der Waals surface area (Å²) >= 11 is 5.99. The molecule has 0 amide bonds. The molecule has 33 heavy (non-hydrogen) atoms. The van der Waals surface area contributed by atoms with Crippen LogP contribution < -0.4 is 5.73 Å². The van der Waals surface area contributed by atoms with Crippen LogP contribution >= 0.6 is 11.6 Å². The Kier molecular flexibility index (Phi) is 6.89. The number of nitrogen functional groups attached to an aromatic ring is 1. The number of anilines is 1. The van der Waals surface area contributed by atoms with Crippen molar-refractivity contribution in [2.24, 2.45) is 0 Å². The number of hydrogen-bond acceptors (Lipinski definition) is 9. The van der Waals surface area contributed by atoms with E-state index in [1.807, 2.05) is 12.1 Å². The summed E-state index contributed by atoms with van der Waals surface area (Å²) in [4.78, 5) is 24.1. The highest BCUT2D eigenvalue weighted by atomic mass is 35.5. The van der Waals surface area contributed by atoms with Crippen molar-refractivity contribution in [2.45, 2.75) is 43.8 Å². The fraction of sp³-hybridized carbons (Fsp3) is 0.364. The highest BCUT2D eigenvalue weighted by molar-refractivity contribution is 6.30. The van der Waals surface area contributed by atoms with Crippen LogP contribution in [0.25, 0.3) is 11.2 Å². The molecule has 1 aromatic carbocycles. The van der Waals surface area contributed by atoms with Crippen LogP contribution in [0.3, 0.4) is 0 Å². The zero-order valence-corrected chi connectivity index (χ0v) is 18.4. The molecule has 10 nitrogen and oxygen atoms in total. The number of benzene rings is 1. The molecule has 1 aliphatic heterocycles. The minimum atomic E-state index is -1.23. The molecular formula is C22H24ClN5O5. The van der Waals surface area contributed by atoms with E-state index >= 15 is 0 Å². The van der Waals surface area contributed by atoms with Gasteiger partial charge in [0.1, 0.15) is 24.4 Å². The first-order valence-electron chi connectivity index (χ1n) is 10.4. The average Bonchev–Trinajstić information content (AvgIpc) is 3.30. The zero-order chi connectivity index (χ0) is 23.5. The van der Waals surface area contributed by atoms with Gasteiger partial charge in [-0.25, -0.2) is 19.7 Å². The van der Waals surface area contributed by atoms with Crippen molar-refractivity contribution in [1.82, 2.24) is 19.5 Å². The first-order chi connectivity index (χ1) is 15.9. The number of esters is 1. The van der Waals surface area contributed by atoms with Gasteiger partial charge in [-0.1, -0.05) is 30.3 Å². The molecule has 0 saturated carbocycles. The van der Waals surface area contributed by atoms with Crippen LogP contribution in [0.1, 0.15) is 30.5 Å². The number of imidazole rings is 1. The number of nitrogens with zero attached hydrogens (tertiary/aromatic N) is 4.